The Labute approximate surface area is 175 Å². The van der Waals surface area contributed by atoms with Gasteiger partial charge in [-0.3, -0.25) is 4.79 Å². The van der Waals surface area contributed by atoms with E-state index in [1.165, 1.54) is 0 Å². The van der Waals surface area contributed by atoms with Crippen molar-refractivity contribution in [2.75, 3.05) is 6.61 Å². The maximum absolute atomic E-state index is 12.8. The summed E-state index contributed by atoms with van der Waals surface area (Å²) in [6.07, 6.45) is 2.50. The van der Waals surface area contributed by atoms with E-state index in [4.69, 9.17) is 4.74 Å². The molecule has 0 unspecified atom stereocenters. The van der Waals surface area contributed by atoms with E-state index in [2.05, 4.69) is 16.8 Å². The van der Waals surface area contributed by atoms with Crippen LogP contribution in [0.5, 0.6) is 0 Å². The highest BCUT2D eigenvalue weighted by molar-refractivity contribution is 6.11. The predicted octanol–water partition coefficient (Wildman–Crippen LogP) is 5.99. The number of hydrogen-bond acceptors (Lipinski definition) is 5. The minimum atomic E-state index is -0.428. The quantitative estimate of drug-likeness (QED) is 0.146. The fourth-order valence-corrected chi connectivity index (χ4v) is 2.92. The molecule has 0 atom stereocenters. The average Bonchev–Trinajstić information content (AvgIpc) is 2.81. The van der Waals surface area contributed by atoms with Gasteiger partial charge in [0.25, 0.3) is 0 Å². The first kappa shape index (κ1) is 20.9. The number of esters is 1. The molecule has 0 radical (unpaired) electrons. The zero-order valence-electron chi connectivity index (χ0n) is 16.5. The summed E-state index contributed by atoms with van der Waals surface area (Å²) in [6, 6.07) is 23.9. The number of ether oxygens (including phenoxy) is 1. The Morgan fingerprint density at radius 1 is 0.833 bits per heavy atom. The van der Waals surface area contributed by atoms with Crippen LogP contribution in [0, 0.1) is 0 Å². The molecule has 3 rings (SSSR count). The molecule has 0 aliphatic rings. The van der Waals surface area contributed by atoms with Crippen LogP contribution in [-0.4, -0.2) is 18.4 Å². The summed E-state index contributed by atoms with van der Waals surface area (Å²) in [5.74, 6) is -0.523. The van der Waals surface area contributed by atoms with Crippen LogP contribution < -0.4 is 0 Å². The molecular weight excluding hydrogens is 376 g/mol. The first-order valence-electron chi connectivity index (χ1n) is 9.66. The van der Waals surface area contributed by atoms with Crippen molar-refractivity contribution >= 4 is 23.1 Å². The zero-order chi connectivity index (χ0) is 21.2. The largest absolute Gasteiger partial charge is 0.463 e. The summed E-state index contributed by atoms with van der Waals surface area (Å²) in [6.45, 7) is 3.69. The summed E-state index contributed by atoms with van der Waals surface area (Å²) in [4.78, 5) is 24.0. The SMILES string of the molecule is C=CC(=O)OCCCc1ccccc1N=Nc1ccccc1C(=O)c1ccccc1. The standard InChI is InChI=1S/C25H22N2O3/c1-2-24(28)30-18-10-14-19-11-6-8-16-22(19)26-27-23-17-9-7-15-21(23)25(29)20-12-4-3-5-13-20/h2-9,11-13,15-17H,1,10,14,18H2. The lowest BCUT2D eigenvalue weighted by Crippen LogP contribution is -2.02. The molecule has 3 aromatic rings. The number of rotatable bonds is 9. The molecule has 0 bridgehead atoms. The minimum Gasteiger partial charge on any atom is -0.463 e. The highest BCUT2D eigenvalue weighted by atomic mass is 16.5. The van der Waals surface area contributed by atoms with E-state index >= 15 is 0 Å². The van der Waals surface area contributed by atoms with E-state index in [1.807, 2.05) is 54.6 Å². The van der Waals surface area contributed by atoms with Crippen LogP contribution in [0.25, 0.3) is 0 Å². The minimum absolute atomic E-state index is 0.0949. The van der Waals surface area contributed by atoms with E-state index < -0.39 is 5.97 Å². The van der Waals surface area contributed by atoms with Crippen molar-refractivity contribution in [3.05, 3.63) is 108 Å². The molecule has 30 heavy (non-hydrogen) atoms. The maximum atomic E-state index is 12.8. The Bertz CT molecular complexity index is 1060. The number of nitrogens with zero attached hydrogens (tertiary/aromatic N) is 2. The fraction of sp³-hybridized carbons (Fsp3) is 0.120. The number of hydrogen-bond donors (Lipinski definition) is 0. The molecule has 150 valence electrons. The van der Waals surface area contributed by atoms with E-state index in [-0.39, 0.29) is 5.78 Å². The summed E-state index contributed by atoms with van der Waals surface area (Å²) in [5.41, 5.74) is 3.33. The summed E-state index contributed by atoms with van der Waals surface area (Å²) < 4.78 is 5.02. The number of carbonyl (C=O) groups excluding carboxylic acids is 2. The van der Waals surface area contributed by atoms with Gasteiger partial charge in [0.1, 0.15) is 0 Å². The van der Waals surface area contributed by atoms with Crippen LogP contribution in [0.2, 0.25) is 0 Å². The van der Waals surface area contributed by atoms with Crippen molar-refractivity contribution in [1.29, 1.82) is 0 Å². The van der Waals surface area contributed by atoms with Crippen LogP contribution in [0.4, 0.5) is 11.4 Å². The smallest absolute Gasteiger partial charge is 0.330 e. The molecule has 0 aliphatic heterocycles. The number of benzene rings is 3. The van der Waals surface area contributed by atoms with Gasteiger partial charge in [-0.1, -0.05) is 67.2 Å². The molecule has 0 saturated heterocycles. The average molecular weight is 398 g/mol. The normalized spacial score (nSPS) is 10.7. The number of aryl methyl sites for hydroxylation is 1. The van der Waals surface area contributed by atoms with Crippen molar-refractivity contribution < 1.29 is 14.3 Å². The Morgan fingerprint density at radius 3 is 2.23 bits per heavy atom. The van der Waals surface area contributed by atoms with Crippen LogP contribution in [0.3, 0.4) is 0 Å². The first-order chi connectivity index (χ1) is 14.7. The molecule has 0 aromatic heterocycles. The molecule has 5 heteroatoms. The third kappa shape index (κ3) is 5.58. The molecule has 3 aromatic carbocycles. The lowest BCUT2D eigenvalue weighted by molar-refractivity contribution is -0.137. The summed E-state index contributed by atoms with van der Waals surface area (Å²) in [5, 5.41) is 8.75. The van der Waals surface area contributed by atoms with E-state index in [0.717, 1.165) is 17.3 Å². The van der Waals surface area contributed by atoms with Crippen molar-refractivity contribution in [2.24, 2.45) is 10.2 Å². The van der Waals surface area contributed by atoms with Crippen molar-refractivity contribution in [3.63, 3.8) is 0 Å². The van der Waals surface area contributed by atoms with Crippen LogP contribution in [0.1, 0.15) is 27.9 Å². The Hall–Kier alpha value is -3.86. The third-order valence-corrected chi connectivity index (χ3v) is 4.44. The Balaban J connectivity index is 1.76. The molecule has 0 amide bonds. The second-order valence-electron chi connectivity index (χ2n) is 6.52. The summed E-state index contributed by atoms with van der Waals surface area (Å²) in [7, 11) is 0. The molecule has 0 aliphatic carbocycles. The molecule has 0 saturated carbocycles. The second kappa shape index (κ2) is 10.6. The second-order valence-corrected chi connectivity index (χ2v) is 6.52. The first-order valence-corrected chi connectivity index (χ1v) is 9.66. The van der Waals surface area contributed by atoms with Crippen molar-refractivity contribution in [2.45, 2.75) is 12.8 Å². The third-order valence-electron chi connectivity index (χ3n) is 4.44. The zero-order valence-corrected chi connectivity index (χ0v) is 16.5. The molecule has 0 N–H and O–H groups in total. The lowest BCUT2D eigenvalue weighted by atomic mass is 10.0. The number of ketones is 1. The van der Waals surface area contributed by atoms with Crippen LogP contribution in [-0.2, 0) is 16.0 Å². The topological polar surface area (TPSA) is 68.1 Å². The Kier molecular flexibility index (Phi) is 7.39. The van der Waals surface area contributed by atoms with E-state index in [0.29, 0.717) is 36.3 Å². The van der Waals surface area contributed by atoms with Gasteiger partial charge in [-0.2, -0.15) is 5.11 Å². The van der Waals surface area contributed by atoms with Crippen molar-refractivity contribution in [3.8, 4) is 0 Å². The number of carbonyl (C=O) groups is 2. The highest BCUT2D eigenvalue weighted by Crippen LogP contribution is 2.27. The summed E-state index contributed by atoms with van der Waals surface area (Å²) >= 11 is 0. The van der Waals surface area contributed by atoms with Gasteiger partial charge in [0.2, 0.25) is 0 Å². The maximum Gasteiger partial charge on any atom is 0.330 e. The highest BCUT2D eigenvalue weighted by Gasteiger charge is 2.13. The van der Waals surface area contributed by atoms with Crippen LogP contribution in [0.15, 0.2) is 102 Å². The Morgan fingerprint density at radius 2 is 1.47 bits per heavy atom. The number of azo groups is 1. The molecule has 0 fully saturated rings. The molecule has 5 nitrogen and oxygen atoms in total. The van der Waals surface area contributed by atoms with Gasteiger partial charge < -0.3 is 4.74 Å². The van der Waals surface area contributed by atoms with E-state index in [1.54, 1.807) is 24.3 Å². The van der Waals surface area contributed by atoms with Gasteiger partial charge in [-0.25, -0.2) is 4.79 Å². The van der Waals surface area contributed by atoms with Gasteiger partial charge in [-0.15, -0.1) is 5.11 Å². The van der Waals surface area contributed by atoms with Gasteiger partial charge in [0, 0.05) is 11.6 Å². The molecule has 0 spiro atoms. The fourth-order valence-electron chi connectivity index (χ4n) is 2.92. The van der Waals surface area contributed by atoms with Gasteiger partial charge in [-0.05, 0) is 36.6 Å². The van der Waals surface area contributed by atoms with Gasteiger partial charge in [0.15, 0.2) is 5.78 Å². The monoisotopic (exact) mass is 398 g/mol. The van der Waals surface area contributed by atoms with Crippen molar-refractivity contribution in [1.82, 2.24) is 0 Å². The van der Waals surface area contributed by atoms with Gasteiger partial charge in [0.05, 0.1) is 23.5 Å². The molecular formula is C25H22N2O3. The lowest BCUT2D eigenvalue weighted by Gasteiger charge is -2.06. The van der Waals surface area contributed by atoms with Crippen LogP contribution >= 0.6 is 0 Å². The van der Waals surface area contributed by atoms with Gasteiger partial charge >= 0.3 is 5.97 Å². The molecule has 0 heterocycles. The van der Waals surface area contributed by atoms with E-state index in [9.17, 15) is 9.59 Å². The predicted molar refractivity (Wildman–Crippen MR) is 116 cm³/mol.